The Hall–Kier alpha value is -0.130. The van der Waals surface area contributed by atoms with Crippen molar-refractivity contribution in [3.63, 3.8) is 0 Å². The third-order valence-corrected chi connectivity index (χ3v) is 11.1. The number of fused-ring (bicyclic) bond motifs is 2. The Kier molecular flexibility index (Phi) is 5.44. The first-order valence-electron chi connectivity index (χ1n) is 11.4. The SMILES string of the molecule is CC1(C)C2CCC1(CS(=O)(=O)N(C1CCCCC1)C1CCCCC1)C([O])C2. The Morgan fingerprint density at radius 3 is 1.78 bits per heavy atom. The smallest absolute Gasteiger partial charge is 0.215 e. The normalized spacial score (nSPS) is 37.9. The molecule has 0 aromatic heterocycles. The van der Waals surface area contributed by atoms with E-state index in [9.17, 15) is 13.5 Å². The maximum Gasteiger partial charge on any atom is 0.215 e. The van der Waals surface area contributed by atoms with E-state index in [0.29, 0.717) is 12.3 Å². The summed E-state index contributed by atoms with van der Waals surface area (Å²) in [7, 11) is -3.42. The molecule has 1 radical (unpaired) electrons. The number of rotatable bonds is 5. The highest BCUT2D eigenvalue weighted by Gasteiger charge is 2.66. The summed E-state index contributed by atoms with van der Waals surface area (Å²) in [5.74, 6) is 0.512. The van der Waals surface area contributed by atoms with Crippen LogP contribution in [0.25, 0.3) is 0 Å². The molecule has 4 aliphatic rings. The molecule has 4 aliphatic carbocycles. The topological polar surface area (TPSA) is 57.3 Å². The van der Waals surface area contributed by atoms with Gasteiger partial charge in [-0.05, 0) is 56.3 Å². The lowest BCUT2D eigenvalue weighted by atomic mass is 9.70. The van der Waals surface area contributed by atoms with Gasteiger partial charge in [0.25, 0.3) is 0 Å². The van der Waals surface area contributed by atoms with Crippen molar-refractivity contribution in [2.24, 2.45) is 16.7 Å². The maximum absolute atomic E-state index is 13.9. The molecule has 4 saturated carbocycles. The van der Waals surface area contributed by atoms with E-state index in [1.165, 1.54) is 12.8 Å². The highest BCUT2D eigenvalue weighted by molar-refractivity contribution is 7.89. The molecule has 3 unspecified atom stereocenters. The van der Waals surface area contributed by atoms with Crippen LogP contribution < -0.4 is 0 Å². The molecular weight excluding hydrogens is 358 g/mol. The fraction of sp³-hybridized carbons (Fsp3) is 1.00. The van der Waals surface area contributed by atoms with E-state index in [4.69, 9.17) is 0 Å². The van der Waals surface area contributed by atoms with Crippen LogP contribution in [0, 0.1) is 16.7 Å². The van der Waals surface area contributed by atoms with Gasteiger partial charge >= 0.3 is 0 Å². The molecular formula is C22H38NO3S. The number of nitrogens with zero attached hydrogens (tertiary/aromatic N) is 1. The summed E-state index contributed by atoms with van der Waals surface area (Å²) in [5, 5.41) is 13.0. The van der Waals surface area contributed by atoms with Crippen LogP contribution >= 0.6 is 0 Å². The summed E-state index contributed by atoms with van der Waals surface area (Å²) in [6, 6.07) is 0.352. The maximum atomic E-state index is 13.9. The minimum absolute atomic E-state index is 0.102. The molecule has 0 heterocycles. The fourth-order valence-corrected chi connectivity index (χ4v) is 10.0. The summed E-state index contributed by atoms with van der Waals surface area (Å²) >= 11 is 0. The molecule has 0 aromatic rings. The summed E-state index contributed by atoms with van der Waals surface area (Å²) in [5.41, 5.74) is -0.699. The molecule has 0 amide bonds. The summed E-state index contributed by atoms with van der Waals surface area (Å²) in [6.45, 7) is 4.34. The zero-order valence-corrected chi connectivity index (χ0v) is 18.1. The van der Waals surface area contributed by atoms with Crippen LogP contribution in [0.3, 0.4) is 0 Å². The van der Waals surface area contributed by atoms with Crippen LogP contribution in [0.2, 0.25) is 0 Å². The molecule has 4 nitrogen and oxygen atoms in total. The lowest BCUT2D eigenvalue weighted by molar-refractivity contribution is -0.0331. The molecule has 5 heteroatoms. The van der Waals surface area contributed by atoms with Crippen LogP contribution in [0.5, 0.6) is 0 Å². The highest BCUT2D eigenvalue weighted by Crippen LogP contribution is 2.66. The predicted molar refractivity (Wildman–Crippen MR) is 107 cm³/mol. The molecule has 0 aromatic carbocycles. The van der Waals surface area contributed by atoms with E-state index in [-0.39, 0.29) is 23.3 Å². The quantitative estimate of drug-likeness (QED) is 0.663. The number of hydrogen-bond acceptors (Lipinski definition) is 2. The van der Waals surface area contributed by atoms with Gasteiger partial charge in [-0.3, -0.25) is 0 Å². The molecule has 0 spiro atoms. The van der Waals surface area contributed by atoms with Crippen molar-refractivity contribution in [3.05, 3.63) is 0 Å². The number of sulfonamides is 1. The van der Waals surface area contributed by atoms with Gasteiger partial charge in [-0.1, -0.05) is 52.4 Å². The average Bonchev–Trinajstić information content (AvgIpc) is 2.97. The lowest BCUT2D eigenvalue weighted by Crippen LogP contribution is -2.54. The standard InChI is InChI=1S/C22H38NO3S/c1-21(2)17-13-14-22(21,20(24)15-17)16-27(25,26)23(18-9-5-3-6-10-18)19-11-7-4-8-12-19/h17-20H,3-16H2,1-2H3. The monoisotopic (exact) mass is 396 g/mol. The largest absolute Gasteiger partial charge is 0.232 e. The van der Waals surface area contributed by atoms with Gasteiger partial charge in [0.2, 0.25) is 10.0 Å². The molecule has 0 aliphatic heterocycles. The first kappa shape index (κ1) is 20.2. The van der Waals surface area contributed by atoms with Gasteiger partial charge in [0.15, 0.2) is 0 Å². The predicted octanol–water partition coefficient (Wildman–Crippen LogP) is 4.91. The van der Waals surface area contributed by atoms with Crippen molar-refractivity contribution in [2.45, 2.75) is 116 Å². The molecule has 0 N–H and O–H groups in total. The second-order valence-electron chi connectivity index (χ2n) is 10.5. The minimum atomic E-state index is -3.42. The third kappa shape index (κ3) is 3.30. The van der Waals surface area contributed by atoms with Gasteiger partial charge in [0.05, 0.1) is 5.75 Å². The average molecular weight is 397 g/mol. The highest BCUT2D eigenvalue weighted by atomic mass is 32.2. The van der Waals surface area contributed by atoms with Crippen LogP contribution in [-0.2, 0) is 15.1 Å². The second-order valence-corrected chi connectivity index (χ2v) is 12.4. The van der Waals surface area contributed by atoms with Crippen LogP contribution in [0.4, 0.5) is 0 Å². The van der Waals surface area contributed by atoms with E-state index in [0.717, 1.165) is 64.2 Å². The van der Waals surface area contributed by atoms with E-state index >= 15 is 0 Å². The van der Waals surface area contributed by atoms with Gasteiger partial charge < -0.3 is 0 Å². The lowest BCUT2D eigenvalue weighted by Gasteiger charge is -2.45. The van der Waals surface area contributed by atoms with Crippen molar-refractivity contribution in [1.82, 2.24) is 4.31 Å². The zero-order valence-electron chi connectivity index (χ0n) is 17.3. The van der Waals surface area contributed by atoms with Crippen molar-refractivity contribution >= 4 is 10.0 Å². The summed E-state index contributed by atoms with van der Waals surface area (Å²) in [4.78, 5) is 0. The Morgan fingerprint density at radius 2 is 1.37 bits per heavy atom. The second kappa shape index (κ2) is 7.28. The first-order chi connectivity index (χ1) is 12.8. The van der Waals surface area contributed by atoms with Gasteiger partial charge in [-0.15, -0.1) is 0 Å². The first-order valence-corrected chi connectivity index (χ1v) is 13.1. The van der Waals surface area contributed by atoms with Crippen LogP contribution in [-0.4, -0.2) is 36.7 Å². The number of hydrogen-bond donors (Lipinski definition) is 0. The van der Waals surface area contributed by atoms with Gasteiger partial charge in [-0.25, -0.2) is 13.5 Å². The fourth-order valence-electron chi connectivity index (χ4n) is 7.17. The van der Waals surface area contributed by atoms with Gasteiger partial charge in [0, 0.05) is 17.5 Å². The zero-order chi connectivity index (χ0) is 19.3. The minimum Gasteiger partial charge on any atom is -0.232 e. The summed E-state index contributed by atoms with van der Waals surface area (Å²) in [6.07, 6.45) is 12.9. The molecule has 4 fully saturated rings. The Bertz CT molecular complexity index is 616. The molecule has 2 bridgehead atoms. The van der Waals surface area contributed by atoms with E-state index in [2.05, 4.69) is 13.8 Å². The Morgan fingerprint density at radius 1 is 0.852 bits per heavy atom. The van der Waals surface area contributed by atoms with Crippen molar-refractivity contribution in [2.75, 3.05) is 5.75 Å². The van der Waals surface area contributed by atoms with Gasteiger partial charge in [0.1, 0.15) is 6.10 Å². The molecule has 155 valence electrons. The van der Waals surface area contributed by atoms with Crippen molar-refractivity contribution in [1.29, 1.82) is 0 Å². The van der Waals surface area contributed by atoms with E-state index in [1.54, 1.807) is 0 Å². The van der Waals surface area contributed by atoms with Crippen molar-refractivity contribution in [3.8, 4) is 0 Å². The molecule has 3 atom stereocenters. The van der Waals surface area contributed by atoms with Crippen molar-refractivity contribution < 1.29 is 13.5 Å². The molecule has 27 heavy (non-hydrogen) atoms. The van der Waals surface area contributed by atoms with E-state index < -0.39 is 21.5 Å². The van der Waals surface area contributed by atoms with Crippen LogP contribution in [0.1, 0.15) is 97.3 Å². The van der Waals surface area contributed by atoms with Crippen LogP contribution in [0.15, 0.2) is 0 Å². The molecule has 0 saturated heterocycles. The third-order valence-electron chi connectivity index (χ3n) is 8.99. The Balaban J connectivity index is 1.64. The summed E-state index contributed by atoms with van der Waals surface area (Å²) < 4.78 is 29.7. The Labute approximate surface area is 166 Å². The molecule has 4 rings (SSSR count). The van der Waals surface area contributed by atoms with E-state index in [1.807, 2.05) is 4.31 Å². The van der Waals surface area contributed by atoms with Gasteiger partial charge in [-0.2, -0.15) is 4.31 Å².